The molecule has 22 heavy (non-hydrogen) atoms. The van der Waals surface area contributed by atoms with Crippen LogP contribution in [0.25, 0.3) is 11.0 Å². The molecule has 0 bridgehead atoms. The third-order valence-corrected chi connectivity index (χ3v) is 3.38. The molecule has 114 valence electrons. The van der Waals surface area contributed by atoms with Crippen LogP contribution >= 0.6 is 11.6 Å². The fourth-order valence-electron chi connectivity index (χ4n) is 1.98. The van der Waals surface area contributed by atoms with Gasteiger partial charge in [-0.15, -0.1) is 0 Å². The van der Waals surface area contributed by atoms with Crippen LogP contribution in [0.15, 0.2) is 28.1 Å². The number of aliphatic imine (C=N–C) groups is 2. The number of rotatable bonds is 5. The van der Waals surface area contributed by atoms with E-state index in [1.165, 1.54) is 6.20 Å². The number of hydrogen-bond acceptors (Lipinski definition) is 5. The Morgan fingerprint density at radius 3 is 2.91 bits per heavy atom. The van der Waals surface area contributed by atoms with Crippen LogP contribution in [0.1, 0.15) is 23.0 Å². The summed E-state index contributed by atoms with van der Waals surface area (Å²) in [6, 6.07) is 0. The van der Waals surface area contributed by atoms with E-state index in [4.69, 9.17) is 16.7 Å². The Balaban J connectivity index is 2.56. The lowest BCUT2D eigenvalue weighted by Crippen LogP contribution is -2.04. The largest absolute Gasteiger partial charge is 0.478 e. The van der Waals surface area contributed by atoms with Crippen LogP contribution in [0.4, 0.5) is 0 Å². The Morgan fingerprint density at radius 2 is 2.32 bits per heavy atom. The van der Waals surface area contributed by atoms with Gasteiger partial charge in [0.1, 0.15) is 0 Å². The lowest BCUT2D eigenvalue weighted by molar-refractivity contribution is 0.0697. The first-order valence-electron chi connectivity index (χ1n) is 6.38. The van der Waals surface area contributed by atoms with E-state index >= 15 is 0 Å². The fourth-order valence-corrected chi connectivity index (χ4v) is 2.33. The lowest BCUT2D eigenvalue weighted by atomic mass is 10.2. The average molecular weight is 320 g/mol. The van der Waals surface area contributed by atoms with E-state index in [9.17, 15) is 4.79 Å². The number of halogens is 1. The molecule has 7 nitrogen and oxygen atoms in total. The van der Waals surface area contributed by atoms with Crippen molar-refractivity contribution in [1.82, 2.24) is 14.8 Å². The van der Waals surface area contributed by atoms with Crippen molar-refractivity contribution in [3.05, 3.63) is 34.4 Å². The molecule has 2 rings (SSSR count). The zero-order chi connectivity index (χ0) is 16.3. The quantitative estimate of drug-likeness (QED) is 0.857. The number of allylic oxidation sites excluding steroid dienone is 1. The molecule has 0 radical (unpaired) electrons. The molecule has 0 fully saturated rings. The van der Waals surface area contributed by atoms with Gasteiger partial charge in [-0.2, -0.15) is 5.10 Å². The van der Waals surface area contributed by atoms with Gasteiger partial charge >= 0.3 is 5.97 Å². The predicted octanol–water partition coefficient (Wildman–Crippen LogP) is 2.72. The van der Waals surface area contributed by atoms with Gasteiger partial charge in [0.05, 0.1) is 33.9 Å². The summed E-state index contributed by atoms with van der Waals surface area (Å²) in [7, 11) is 0. The summed E-state index contributed by atoms with van der Waals surface area (Å²) in [4.78, 5) is 23.2. The summed E-state index contributed by atoms with van der Waals surface area (Å²) in [5, 5.41) is 14.1. The van der Waals surface area contributed by atoms with Gasteiger partial charge in [-0.3, -0.25) is 9.98 Å². The van der Waals surface area contributed by atoms with E-state index in [1.807, 2.05) is 0 Å². The normalized spacial score (nSPS) is 12.2. The van der Waals surface area contributed by atoms with Gasteiger partial charge in [-0.25, -0.2) is 14.5 Å². The van der Waals surface area contributed by atoms with Crippen LogP contribution in [-0.2, 0) is 6.54 Å². The first-order chi connectivity index (χ1) is 10.5. The number of aryl methyl sites for hydroxylation is 1. The lowest BCUT2D eigenvalue weighted by Gasteiger charge is -2.04. The molecule has 0 aromatic carbocycles. The van der Waals surface area contributed by atoms with Crippen molar-refractivity contribution in [3.63, 3.8) is 0 Å². The zero-order valence-electron chi connectivity index (χ0n) is 12.1. The van der Waals surface area contributed by atoms with Crippen molar-refractivity contribution in [2.75, 3.05) is 0 Å². The molecule has 8 heteroatoms. The van der Waals surface area contributed by atoms with Gasteiger partial charge in [-0.05, 0) is 20.6 Å². The minimum atomic E-state index is -1.13. The molecule has 0 atom stereocenters. The molecule has 0 aliphatic carbocycles. The summed E-state index contributed by atoms with van der Waals surface area (Å²) in [6.07, 6.45) is 4.43. The Labute approximate surface area is 131 Å². The monoisotopic (exact) mass is 319 g/mol. The molecule has 2 aromatic heterocycles. The van der Waals surface area contributed by atoms with Crippen molar-refractivity contribution >= 4 is 41.5 Å². The maximum atomic E-state index is 11.1. The van der Waals surface area contributed by atoms with Crippen molar-refractivity contribution in [2.45, 2.75) is 20.4 Å². The summed E-state index contributed by atoms with van der Waals surface area (Å²) < 4.78 is 1.59. The topological polar surface area (TPSA) is 92.7 Å². The molecule has 2 heterocycles. The number of nitrogens with zero attached hydrogens (tertiary/aromatic N) is 5. The highest BCUT2D eigenvalue weighted by atomic mass is 35.5. The third kappa shape index (κ3) is 2.89. The second kappa shape index (κ2) is 6.48. The highest BCUT2D eigenvalue weighted by Gasteiger charge is 2.19. The average Bonchev–Trinajstić information content (AvgIpc) is 2.80. The zero-order valence-corrected chi connectivity index (χ0v) is 12.9. The number of carboxylic acids is 1. The second-order valence-corrected chi connectivity index (χ2v) is 4.80. The Morgan fingerprint density at radius 1 is 1.59 bits per heavy atom. The molecule has 0 saturated carbocycles. The van der Waals surface area contributed by atoms with Crippen LogP contribution in [-0.4, -0.2) is 38.8 Å². The number of pyridine rings is 1. The fraction of sp³-hybridized carbons (Fsp3) is 0.214. The first kappa shape index (κ1) is 15.8. The van der Waals surface area contributed by atoms with Crippen molar-refractivity contribution in [1.29, 1.82) is 0 Å². The Kier molecular flexibility index (Phi) is 4.67. The number of hydrogen-bond donors (Lipinski definition) is 1. The van der Waals surface area contributed by atoms with Gasteiger partial charge in [0.15, 0.2) is 5.65 Å². The van der Waals surface area contributed by atoms with E-state index in [0.717, 1.165) is 0 Å². The number of aromatic carboxylic acids is 1. The predicted molar refractivity (Wildman–Crippen MR) is 86.0 cm³/mol. The van der Waals surface area contributed by atoms with E-state index in [1.54, 1.807) is 30.9 Å². The number of fused-ring (bicyclic) bond motifs is 1. The highest BCUT2D eigenvalue weighted by Crippen LogP contribution is 2.28. The minimum absolute atomic E-state index is 0.0509. The van der Waals surface area contributed by atoms with Crippen molar-refractivity contribution in [2.24, 2.45) is 9.98 Å². The van der Waals surface area contributed by atoms with Gasteiger partial charge in [0, 0.05) is 18.6 Å². The van der Waals surface area contributed by atoms with E-state index in [-0.39, 0.29) is 10.6 Å². The first-order valence-corrected chi connectivity index (χ1v) is 6.75. The Hall–Kier alpha value is -2.54. The van der Waals surface area contributed by atoms with Crippen LogP contribution in [0.5, 0.6) is 0 Å². The number of aromatic nitrogens is 3. The smallest absolute Gasteiger partial charge is 0.338 e. The third-order valence-electron chi connectivity index (χ3n) is 2.99. The maximum absolute atomic E-state index is 11.1. The highest BCUT2D eigenvalue weighted by molar-refractivity contribution is 6.38. The molecule has 0 saturated heterocycles. The van der Waals surface area contributed by atoms with Crippen molar-refractivity contribution < 1.29 is 9.90 Å². The van der Waals surface area contributed by atoms with Crippen LogP contribution in [0.3, 0.4) is 0 Å². The van der Waals surface area contributed by atoms with Gasteiger partial charge in [0.2, 0.25) is 0 Å². The Bertz CT molecular complexity index is 807. The summed E-state index contributed by atoms with van der Waals surface area (Å²) in [5.41, 5.74) is 1.63. The SMILES string of the molecule is C=N/C(=C\N=CC)Cn1nc(C)c2c(Cl)c(C(=O)O)cnc21. The van der Waals surface area contributed by atoms with Crippen LogP contribution in [0, 0.1) is 6.92 Å². The second-order valence-electron chi connectivity index (χ2n) is 4.42. The molecule has 0 unspecified atom stereocenters. The standard InChI is InChI=1S/C14H14ClN5O2/c1-4-17-5-9(16-3)7-20-13-11(8(2)19-20)12(15)10(6-18-13)14(21)22/h4-6H,3,7H2,1-2H3,(H,21,22)/b9-5-,17-4?. The van der Waals surface area contributed by atoms with Crippen LogP contribution < -0.4 is 0 Å². The summed E-state index contributed by atoms with van der Waals surface area (Å²) in [5.74, 6) is -1.13. The number of carboxylic acid groups (broad SMARTS) is 1. The molecule has 1 N–H and O–H groups in total. The summed E-state index contributed by atoms with van der Waals surface area (Å²) in [6.45, 7) is 7.33. The molecule has 0 amide bonds. The van der Waals surface area contributed by atoms with Gasteiger partial charge < -0.3 is 5.11 Å². The molecular weight excluding hydrogens is 306 g/mol. The van der Waals surface area contributed by atoms with Crippen LogP contribution in [0.2, 0.25) is 5.02 Å². The summed E-state index contributed by atoms with van der Waals surface area (Å²) >= 11 is 6.16. The maximum Gasteiger partial charge on any atom is 0.338 e. The van der Waals surface area contributed by atoms with E-state index in [2.05, 4.69) is 26.8 Å². The molecule has 0 spiro atoms. The minimum Gasteiger partial charge on any atom is -0.478 e. The van der Waals surface area contributed by atoms with E-state index < -0.39 is 5.97 Å². The van der Waals surface area contributed by atoms with Gasteiger partial charge in [0.25, 0.3) is 0 Å². The van der Waals surface area contributed by atoms with E-state index in [0.29, 0.717) is 29.0 Å². The molecule has 2 aromatic rings. The molecule has 0 aliphatic heterocycles. The van der Waals surface area contributed by atoms with Gasteiger partial charge in [-0.1, -0.05) is 11.6 Å². The molecular formula is C14H14ClN5O2. The van der Waals surface area contributed by atoms with Crippen molar-refractivity contribution in [3.8, 4) is 0 Å². The number of carbonyl (C=O) groups is 1. The molecule has 0 aliphatic rings.